The maximum absolute atomic E-state index is 13.5. The molecule has 142 valence electrons. The summed E-state index contributed by atoms with van der Waals surface area (Å²) in [5.41, 5.74) is -0.904. The van der Waals surface area contributed by atoms with Crippen LogP contribution in [0.15, 0.2) is 66.7 Å². The van der Waals surface area contributed by atoms with E-state index in [2.05, 4.69) is 0 Å². The molecule has 1 N–H and O–H groups in total. The second-order valence-corrected chi connectivity index (χ2v) is 7.63. The normalized spacial score (nSPS) is 30.9. The van der Waals surface area contributed by atoms with Gasteiger partial charge in [-0.05, 0) is 24.6 Å². The van der Waals surface area contributed by atoms with Crippen molar-refractivity contribution in [1.82, 2.24) is 4.90 Å². The minimum atomic E-state index is -1.56. The Morgan fingerprint density at radius 2 is 1.82 bits per heavy atom. The van der Waals surface area contributed by atoms with Crippen LogP contribution in [0, 0.1) is 0 Å². The molecular weight excluding hydrogens is 356 g/mol. The van der Waals surface area contributed by atoms with Gasteiger partial charge in [0, 0.05) is 12.1 Å². The van der Waals surface area contributed by atoms with Gasteiger partial charge in [-0.15, -0.1) is 0 Å². The van der Waals surface area contributed by atoms with Crippen molar-refractivity contribution in [3.05, 3.63) is 77.9 Å². The SMILES string of the molecule is C[C@@]1(O)c2ccccc2N2C(=O)CN(Cc3ccccc3)C(=O)[C@@]23C=C[C@@H]1O3. The van der Waals surface area contributed by atoms with E-state index in [1.165, 1.54) is 9.80 Å². The molecule has 6 nitrogen and oxygen atoms in total. The molecule has 6 heteroatoms. The molecule has 2 aromatic rings. The maximum Gasteiger partial charge on any atom is 0.281 e. The summed E-state index contributed by atoms with van der Waals surface area (Å²) in [7, 11) is 0. The number of para-hydroxylation sites is 1. The highest BCUT2D eigenvalue weighted by Crippen LogP contribution is 2.48. The third kappa shape index (κ3) is 2.22. The van der Waals surface area contributed by atoms with Crippen LogP contribution >= 0.6 is 0 Å². The van der Waals surface area contributed by atoms with Gasteiger partial charge < -0.3 is 14.7 Å². The summed E-state index contributed by atoms with van der Waals surface area (Å²) < 4.78 is 6.11. The van der Waals surface area contributed by atoms with Crippen LogP contribution in [0.2, 0.25) is 0 Å². The highest BCUT2D eigenvalue weighted by molar-refractivity contribution is 6.10. The summed E-state index contributed by atoms with van der Waals surface area (Å²) in [6.45, 7) is 1.92. The summed E-state index contributed by atoms with van der Waals surface area (Å²) in [5, 5.41) is 11.2. The fraction of sp³-hybridized carbons (Fsp3) is 0.273. The van der Waals surface area contributed by atoms with E-state index in [-0.39, 0.29) is 18.4 Å². The van der Waals surface area contributed by atoms with E-state index < -0.39 is 17.4 Å². The van der Waals surface area contributed by atoms with Crippen LogP contribution < -0.4 is 4.90 Å². The summed E-state index contributed by atoms with van der Waals surface area (Å²) in [6, 6.07) is 16.7. The van der Waals surface area contributed by atoms with Gasteiger partial charge in [-0.25, -0.2) is 0 Å². The fourth-order valence-electron chi connectivity index (χ4n) is 4.35. The van der Waals surface area contributed by atoms with Gasteiger partial charge in [0.25, 0.3) is 5.91 Å². The lowest BCUT2D eigenvalue weighted by atomic mass is 9.87. The second-order valence-electron chi connectivity index (χ2n) is 7.63. The Balaban J connectivity index is 1.62. The smallest absolute Gasteiger partial charge is 0.281 e. The Kier molecular flexibility index (Phi) is 3.53. The fourth-order valence-corrected chi connectivity index (χ4v) is 4.35. The lowest BCUT2D eigenvalue weighted by Crippen LogP contribution is -2.68. The minimum Gasteiger partial charge on any atom is -0.382 e. The molecular formula is C22H20N2O4. The summed E-state index contributed by atoms with van der Waals surface area (Å²) in [6.07, 6.45) is 2.56. The molecule has 3 aliphatic heterocycles. The van der Waals surface area contributed by atoms with E-state index in [0.717, 1.165) is 5.56 Å². The molecule has 5 rings (SSSR count). The standard InChI is InChI=1S/C22H20N2O4/c1-21(27)16-9-5-6-10-17(16)24-19(25)14-23(13-15-7-3-2-4-8-15)20(26)22(24)12-11-18(21)28-22/h2-12,18,27H,13-14H2,1H3/t18-,21+,22-/m0/s1. The lowest BCUT2D eigenvalue weighted by Gasteiger charge is -2.45. The van der Waals surface area contributed by atoms with Crippen molar-refractivity contribution in [2.75, 3.05) is 11.4 Å². The van der Waals surface area contributed by atoms with Gasteiger partial charge in [-0.2, -0.15) is 0 Å². The van der Waals surface area contributed by atoms with Gasteiger partial charge in [-0.1, -0.05) is 54.6 Å². The van der Waals surface area contributed by atoms with Crippen LogP contribution in [0.5, 0.6) is 0 Å². The van der Waals surface area contributed by atoms with Crippen molar-refractivity contribution in [1.29, 1.82) is 0 Å². The Morgan fingerprint density at radius 3 is 2.61 bits per heavy atom. The molecule has 2 aromatic carbocycles. The van der Waals surface area contributed by atoms with Crippen molar-refractivity contribution in [2.24, 2.45) is 0 Å². The zero-order chi connectivity index (χ0) is 19.5. The summed E-state index contributed by atoms with van der Waals surface area (Å²) in [4.78, 5) is 29.7. The Labute approximate surface area is 162 Å². The Morgan fingerprint density at radius 1 is 1.11 bits per heavy atom. The summed E-state index contributed by atoms with van der Waals surface area (Å²) >= 11 is 0. The van der Waals surface area contributed by atoms with Gasteiger partial charge in [0.15, 0.2) is 0 Å². The number of aliphatic hydroxyl groups is 1. The van der Waals surface area contributed by atoms with Crippen molar-refractivity contribution in [3.8, 4) is 0 Å². The highest BCUT2D eigenvalue weighted by atomic mass is 16.6. The topological polar surface area (TPSA) is 70.1 Å². The number of amides is 2. The van der Waals surface area contributed by atoms with E-state index in [0.29, 0.717) is 17.8 Å². The highest BCUT2D eigenvalue weighted by Gasteiger charge is 2.61. The molecule has 3 heterocycles. The molecule has 3 aliphatic rings. The number of hydrogen-bond acceptors (Lipinski definition) is 4. The first-order valence-electron chi connectivity index (χ1n) is 9.29. The van der Waals surface area contributed by atoms with Crippen LogP contribution in [0.1, 0.15) is 18.1 Å². The van der Waals surface area contributed by atoms with E-state index >= 15 is 0 Å². The molecule has 0 unspecified atom stereocenters. The number of fused-ring (bicyclic) bond motifs is 3. The monoisotopic (exact) mass is 376 g/mol. The van der Waals surface area contributed by atoms with Crippen LogP contribution in [0.25, 0.3) is 0 Å². The average Bonchev–Trinajstić information content (AvgIpc) is 3.10. The van der Waals surface area contributed by atoms with Crippen molar-refractivity contribution in [3.63, 3.8) is 0 Å². The molecule has 1 saturated heterocycles. The molecule has 0 aliphatic carbocycles. The van der Waals surface area contributed by atoms with Gasteiger partial charge in [-0.3, -0.25) is 14.5 Å². The van der Waals surface area contributed by atoms with E-state index in [4.69, 9.17) is 4.74 Å². The van der Waals surface area contributed by atoms with Gasteiger partial charge in [0.05, 0.1) is 5.69 Å². The number of hydrogen-bond donors (Lipinski definition) is 1. The predicted octanol–water partition coefficient (Wildman–Crippen LogP) is 1.93. The molecule has 1 fully saturated rings. The van der Waals surface area contributed by atoms with E-state index in [1.807, 2.05) is 30.3 Å². The zero-order valence-electron chi connectivity index (χ0n) is 15.4. The first-order chi connectivity index (χ1) is 13.4. The molecule has 0 radical (unpaired) electrons. The molecule has 3 atom stereocenters. The number of rotatable bonds is 2. The lowest BCUT2D eigenvalue weighted by molar-refractivity contribution is -0.172. The van der Waals surface area contributed by atoms with Crippen molar-refractivity contribution >= 4 is 17.5 Å². The number of piperazine rings is 1. The van der Waals surface area contributed by atoms with Crippen LogP contribution in [-0.2, 0) is 26.5 Å². The van der Waals surface area contributed by atoms with Gasteiger partial charge in [0.1, 0.15) is 18.2 Å². The van der Waals surface area contributed by atoms with Crippen LogP contribution in [-0.4, -0.2) is 40.2 Å². The number of nitrogens with zero attached hydrogens (tertiary/aromatic N) is 2. The average molecular weight is 376 g/mol. The summed E-state index contributed by atoms with van der Waals surface area (Å²) in [5.74, 6) is -0.548. The largest absolute Gasteiger partial charge is 0.382 e. The molecule has 1 spiro atoms. The Hall–Kier alpha value is -2.96. The molecule has 28 heavy (non-hydrogen) atoms. The predicted molar refractivity (Wildman–Crippen MR) is 102 cm³/mol. The number of carbonyl (C=O) groups excluding carboxylic acids is 2. The third-order valence-corrected chi connectivity index (χ3v) is 5.77. The van der Waals surface area contributed by atoms with E-state index in [1.54, 1.807) is 43.3 Å². The quantitative estimate of drug-likeness (QED) is 0.814. The Bertz CT molecular complexity index is 1000. The number of ether oxygens (including phenoxy) is 1. The maximum atomic E-state index is 13.5. The molecule has 0 aromatic heterocycles. The number of carbonyl (C=O) groups is 2. The first-order valence-corrected chi connectivity index (χ1v) is 9.29. The van der Waals surface area contributed by atoms with Gasteiger partial charge in [0.2, 0.25) is 11.6 Å². The van der Waals surface area contributed by atoms with Gasteiger partial charge >= 0.3 is 0 Å². The van der Waals surface area contributed by atoms with Crippen LogP contribution in [0.3, 0.4) is 0 Å². The third-order valence-electron chi connectivity index (χ3n) is 5.77. The molecule has 2 bridgehead atoms. The zero-order valence-corrected chi connectivity index (χ0v) is 15.4. The van der Waals surface area contributed by atoms with Crippen molar-refractivity contribution in [2.45, 2.75) is 30.9 Å². The minimum absolute atomic E-state index is 0.0478. The van der Waals surface area contributed by atoms with Crippen LogP contribution in [0.4, 0.5) is 5.69 Å². The van der Waals surface area contributed by atoms with E-state index in [9.17, 15) is 14.7 Å². The second kappa shape index (κ2) is 5.77. The number of anilines is 1. The molecule has 0 saturated carbocycles. The van der Waals surface area contributed by atoms with Crippen molar-refractivity contribution < 1.29 is 19.4 Å². The molecule has 2 amide bonds. The first kappa shape index (κ1) is 17.2. The number of benzene rings is 2.